The molecule has 0 unspecified atom stereocenters. The van der Waals surface area contributed by atoms with Crippen molar-refractivity contribution in [3.8, 4) is 10.7 Å². The number of carbonyl (C=O) groups excluding carboxylic acids is 1. The summed E-state index contributed by atoms with van der Waals surface area (Å²) in [6.07, 6.45) is 4.38. The van der Waals surface area contributed by atoms with Gasteiger partial charge in [-0.3, -0.25) is 9.52 Å². The van der Waals surface area contributed by atoms with E-state index in [1.807, 2.05) is 42.5 Å². The molecule has 4 rings (SSSR count). The second-order valence-electron chi connectivity index (χ2n) is 8.60. The van der Waals surface area contributed by atoms with Gasteiger partial charge in [-0.25, -0.2) is 13.4 Å². The first kappa shape index (κ1) is 23.5. The van der Waals surface area contributed by atoms with Crippen molar-refractivity contribution < 1.29 is 13.2 Å². The highest BCUT2D eigenvalue weighted by Crippen LogP contribution is 2.34. The molecule has 1 aromatic carbocycles. The van der Waals surface area contributed by atoms with Gasteiger partial charge in [0.15, 0.2) is 0 Å². The van der Waals surface area contributed by atoms with Gasteiger partial charge in [-0.15, -0.1) is 11.3 Å². The smallest absolute Gasteiger partial charge is 0.265 e. The maximum Gasteiger partial charge on any atom is 0.265 e. The lowest BCUT2D eigenvalue weighted by atomic mass is 10.2. The molecular weight excluding hydrogens is 456 g/mol. The number of aryl methyl sites for hydroxylation is 2. The predicted octanol–water partition coefficient (Wildman–Crippen LogP) is 4.89. The first-order chi connectivity index (χ1) is 15.7. The van der Waals surface area contributed by atoms with Crippen LogP contribution in [0.3, 0.4) is 0 Å². The van der Waals surface area contributed by atoms with Crippen LogP contribution < -0.4 is 4.72 Å². The fourth-order valence-electron chi connectivity index (χ4n) is 4.16. The van der Waals surface area contributed by atoms with Gasteiger partial charge in [0, 0.05) is 25.8 Å². The van der Waals surface area contributed by atoms with E-state index >= 15 is 0 Å². The summed E-state index contributed by atoms with van der Waals surface area (Å²) in [5, 5.41) is 0.647. The van der Waals surface area contributed by atoms with Gasteiger partial charge in [-0.1, -0.05) is 31.0 Å². The topological polar surface area (TPSA) is 84.3 Å². The van der Waals surface area contributed by atoms with Gasteiger partial charge in [-0.2, -0.15) is 0 Å². The molecule has 0 atom stereocenters. The summed E-state index contributed by atoms with van der Waals surface area (Å²) in [7, 11) is -1.96. The van der Waals surface area contributed by atoms with E-state index in [0.717, 1.165) is 44.3 Å². The molecule has 1 fully saturated rings. The number of para-hydroxylation sites is 1. The predicted molar refractivity (Wildman–Crippen MR) is 132 cm³/mol. The van der Waals surface area contributed by atoms with E-state index in [1.165, 1.54) is 11.3 Å². The van der Waals surface area contributed by atoms with Gasteiger partial charge < -0.3 is 9.47 Å². The molecule has 176 valence electrons. The largest absolute Gasteiger partial charge is 0.345 e. The Kier molecular flexibility index (Phi) is 6.63. The van der Waals surface area contributed by atoms with E-state index in [4.69, 9.17) is 0 Å². The highest BCUT2D eigenvalue weighted by atomic mass is 32.2. The van der Waals surface area contributed by atoms with Gasteiger partial charge in [0.2, 0.25) is 0 Å². The minimum absolute atomic E-state index is 0.0261. The number of likely N-dealkylation sites (tertiary alicyclic amines) is 1. The molecule has 3 aromatic rings. The SMILES string of the molecule is Cc1ccccc1NS(=O)(=O)c1cc(-c2nc(C)c(C(=O)N3CCCCCC3)s2)n(C)c1C. The number of amides is 1. The number of nitrogens with one attached hydrogen (secondary N) is 1. The molecule has 7 nitrogen and oxygen atoms in total. The molecule has 0 saturated carbocycles. The summed E-state index contributed by atoms with van der Waals surface area (Å²) >= 11 is 1.34. The minimum Gasteiger partial charge on any atom is -0.345 e. The summed E-state index contributed by atoms with van der Waals surface area (Å²) in [4.78, 5) is 20.6. The number of thiazole rings is 1. The molecule has 1 amide bonds. The fraction of sp³-hybridized carbons (Fsp3) is 0.417. The Morgan fingerprint density at radius 3 is 2.39 bits per heavy atom. The van der Waals surface area contributed by atoms with Crippen LogP contribution in [-0.4, -0.2) is 41.9 Å². The Morgan fingerprint density at radius 1 is 1.06 bits per heavy atom. The van der Waals surface area contributed by atoms with E-state index in [0.29, 0.717) is 32.7 Å². The summed E-state index contributed by atoms with van der Waals surface area (Å²) < 4.78 is 30.9. The molecule has 1 saturated heterocycles. The van der Waals surface area contributed by atoms with Crippen molar-refractivity contribution in [1.82, 2.24) is 14.5 Å². The Bertz CT molecular complexity index is 1280. The van der Waals surface area contributed by atoms with Gasteiger partial charge in [-0.05, 0) is 51.3 Å². The number of benzene rings is 1. The van der Waals surface area contributed by atoms with E-state index < -0.39 is 10.0 Å². The molecule has 2 aromatic heterocycles. The van der Waals surface area contributed by atoms with Crippen LogP contribution in [0, 0.1) is 20.8 Å². The normalized spacial score (nSPS) is 14.8. The van der Waals surface area contributed by atoms with E-state index in [9.17, 15) is 13.2 Å². The molecule has 9 heteroatoms. The number of carbonyl (C=O) groups is 1. The van der Waals surface area contributed by atoms with Crippen molar-refractivity contribution in [3.05, 3.63) is 52.2 Å². The Balaban J connectivity index is 1.66. The molecule has 1 aliphatic heterocycles. The first-order valence-corrected chi connectivity index (χ1v) is 13.5. The molecule has 1 aliphatic rings. The minimum atomic E-state index is -3.79. The zero-order valence-electron chi connectivity index (χ0n) is 19.5. The number of aromatic nitrogens is 2. The molecule has 0 radical (unpaired) electrons. The van der Waals surface area contributed by atoms with Crippen LogP contribution in [0.15, 0.2) is 35.2 Å². The van der Waals surface area contributed by atoms with Gasteiger partial charge in [0.1, 0.15) is 14.8 Å². The number of sulfonamides is 1. The highest BCUT2D eigenvalue weighted by molar-refractivity contribution is 7.92. The van der Waals surface area contributed by atoms with Crippen LogP contribution in [0.5, 0.6) is 0 Å². The number of anilines is 1. The lowest BCUT2D eigenvalue weighted by Crippen LogP contribution is -2.31. The van der Waals surface area contributed by atoms with Crippen molar-refractivity contribution >= 4 is 33.0 Å². The van der Waals surface area contributed by atoms with Crippen LogP contribution in [0.1, 0.15) is 52.3 Å². The summed E-state index contributed by atoms with van der Waals surface area (Å²) in [5.74, 6) is 0.0261. The third-order valence-corrected chi connectivity index (χ3v) is 8.92. The quantitative estimate of drug-likeness (QED) is 0.556. The summed E-state index contributed by atoms with van der Waals surface area (Å²) in [6, 6.07) is 8.93. The molecule has 1 N–H and O–H groups in total. The van der Waals surface area contributed by atoms with Crippen molar-refractivity contribution in [3.63, 3.8) is 0 Å². The maximum atomic E-state index is 13.2. The number of nitrogens with zero attached hydrogens (tertiary/aromatic N) is 3. The lowest BCUT2D eigenvalue weighted by molar-refractivity contribution is 0.0765. The van der Waals surface area contributed by atoms with Gasteiger partial charge in [0.05, 0.1) is 17.1 Å². The van der Waals surface area contributed by atoms with Gasteiger partial charge in [0.25, 0.3) is 15.9 Å². The zero-order chi connectivity index (χ0) is 23.8. The van der Waals surface area contributed by atoms with Crippen LogP contribution in [-0.2, 0) is 17.1 Å². The first-order valence-electron chi connectivity index (χ1n) is 11.2. The molecule has 3 heterocycles. The third kappa shape index (κ3) is 4.70. The second kappa shape index (κ2) is 9.30. The van der Waals surface area contributed by atoms with Crippen LogP contribution >= 0.6 is 11.3 Å². The Hall–Kier alpha value is -2.65. The van der Waals surface area contributed by atoms with E-state index in [2.05, 4.69) is 9.71 Å². The Morgan fingerprint density at radius 2 is 1.73 bits per heavy atom. The molecule has 0 bridgehead atoms. The highest BCUT2D eigenvalue weighted by Gasteiger charge is 2.27. The van der Waals surface area contributed by atoms with Crippen molar-refractivity contribution in [2.24, 2.45) is 7.05 Å². The monoisotopic (exact) mass is 486 g/mol. The maximum absolute atomic E-state index is 13.2. The van der Waals surface area contributed by atoms with Crippen molar-refractivity contribution in [2.75, 3.05) is 17.8 Å². The van der Waals surface area contributed by atoms with Crippen molar-refractivity contribution in [1.29, 1.82) is 0 Å². The molecule has 33 heavy (non-hydrogen) atoms. The van der Waals surface area contributed by atoms with Gasteiger partial charge >= 0.3 is 0 Å². The molecular formula is C24H30N4O3S2. The van der Waals surface area contributed by atoms with E-state index in [-0.39, 0.29) is 10.8 Å². The van der Waals surface area contributed by atoms with E-state index in [1.54, 1.807) is 25.1 Å². The summed E-state index contributed by atoms with van der Waals surface area (Å²) in [6.45, 7) is 7.05. The lowest BCUT2D eigenvalue weighted by Gasteiger charge is -2.19. The number of hydrogen-bond acceptors (Lipinski definition) is 5. The second-order valence-corrected chi connectivity index (χ2v) is 11.2. The standard InChI is InChI=1S/C24H30N4O3S2/c1-16-11-7-8-12-19(16)26-33(30,31)21-15-20(27(4)18(21)3)23-25-17(2)22(32-23)24(29)28-13-9-5-6-10-14-28/h7-8,11-12,15,26H,5-6,9-10,13-14H2,1-4H3. The van der Waals surface area contributed by atoms with Crippen LogP contribution in [0.25, 0.3) is 10.7 Å². The Labute approximate surface area is 199 Å². The average Bonchev–Trinajstić information content (AvgIpc) is 3.15. The zero-order valence-corrected chi connectivity index (χ0v) is 21.1. The fourth-order valence-corrected chi connectivity index (χ4v) is 6.66. The third-order valence-electron chi connectivity index (χ3n) is 6.27. The van der Waals surface area contributed by atoms with Crippen molar-refractivity contribution in [2.45, 2.75) is 51.3 Å². The molecule has 0 aliphatic carbocycles. The average molecular weight is 487 g/mol. The van der Waals surface area contributed by atoms with Crippen LogP contribution in [0.4, 0.5) is 5.69 Å². The number of hydrogen-bond donors (Lipinski definition) is 1. The molecule has 0 spiro atoms. The summed E-state index contributed by atoms with van der Waals surface area (Å²) in [5.41, 5.74) is 3.38. The number of rotatable bonds is 5. The van der Waals surface area contributed by atoms with Crippen LogP contribution in [0.2, 0.25) is 0 Å².